The Bertz CT molecular complexity index is 1530. The number of imidazole rings is 1. The third kappa shape index (κ3) is 7.07. The number of hydrogen-bond acceptors (Lipinski definition) is 3. The summed E-state index contributed by atoms with van der Waals surface area (Å²) in [5.41, 5.74) is 6.40. The van der Waals surface area contributed by atoms with Crippen molar-refractivity contribution in [1.82, 2.24) is 20.2 Å². The van der Waals surface area contributed by atoms with Crippen LogP contribution in [0.2, 0.25) is 0 Å². The lowest BCUT2D eigenvalue weighted by atomic mass is 9.96. The van der Waals surface area contributed by atoms with Crippen molar-refractivity contribution in [2.24, 2.45) is 0 Å². The number of aromatic nitrogens is 2. The molecular weight excluding hydrogens is 519 g/mol. The van der Waals surface area contributed by atoms with Gasteiger partial charge < -0.3 is 16.0 Å². The third-order valence-corrected chi connectivity index (χ3v) is 6.53. The molecule has 10 heteroatoms. The molecule has 0 aliphatic rings. The van der Waals surface area contributed by atoms with Crippen LogP contribution in [0.25, 0.3) is 27.8 Å². The Morgan fingerprint density at radius 2 is 1.73 bits per heavy atom. The fourth-order valence-corrected chi connectivity index (χ4v) is 4.09. The van der Waals surface area contributed by atoms with Gasteiger partial charge in [0.05, 0.1) is 17.0 Å². The van der Waals surface area contributed by atoms with Gasteiger partial charge in [-0.25, -0.2) is 9.78 Å². The maximum atomic E-state index is 12.5. The molecular formula is C30H30F3N5O2. The minimum absolute atomic E-state index is 0.0458. The predicted molar refractivity (Wildman–Crippen MR) is 150 cm³/mol. The second-order valence-corrected chi connectivity index (χ2v) is 9.46. The maximum absolute atomic E-state index is 12.5. The summed E-state index contributed by atoms with van der Waals surface area (Å²) in [5, 5.41) is 7.13. The van der Waals surface area contributed by atoms with Crippen molar-refractivity contribution < 1.29 is 22.8 Å². The molecule has 40 heavy (non-hydrogen) atoms. The van der Waals surface area contributed by atoms with Crippen LogP contribution in [0.15, 0.2) is 85.2 Å². The van der Waals surface area contributed by atoms with Gasteiger partial charge in [-0.1, -0.05) is 55.5 Å². The van der Waals surface area contributed by atoms with Crippen LogP contribution in [-0.4, -0.2) is 40.8 Å². The number of nitrogens with one attached hydrogen (secondary N) is 3. The van der Waals surface area contributed by atoms with E-state index >= 15 is 0 Å². The van der Waals surface area contributed by atoms with Gasteiger partial charge in [0.1, 0.15) is 12.9 Å². The van der Waals surface area contributed by atoms with E-state index in [0.717, 1.165) is 39.7 Å². The van der Waals surface area contributed by atoms with E-state index in [1.54, 1.807) is 29.8 Å². The molecule has 3 amide bonds. The number of urea groups is 1. The lowest BCUT2D eigenvalue weighted by Gasteiger charge is -2.14. The SMILES string of the molecule is C=C(CC)CNC(=O)C(C)c1ccc(-c2ccc3c(c2)ncn3-c2cccc(NC(=O)NCC(F)(F)F)c2)cc1. The van der Waals surface area contributed by atoms with Crippen LogP contribution in [0.4, 0.5) is 23.7 Å². The second-order valence-electron chi connectivity index (χ2n) is 9.46. The Morgan fingerprint density at radius 3 is 2.42 bits per heavy atom. The molecule has 0 aliphatic carbocycles. The Morgan fingerprint density at radius 1 is 1.00 bits per heavy atom. The molecule has 0 fully saturated rings. The molecule has 1 aromatic heterocycles. The predicted octanol–water partition coefficient (Wildman–Crippen LogP) is 6.56. The van der Waals surface area contributed by atoms with Gasteiger partial charge in [0, 0.05) is 17.9 Å². The van der Waals surface area contributed by atoms with Gasteiger partial charge in [0.15, 0.2) is 0 Å². The molecule has 3 N–H and O–H groups in total. The molecule has 7 nitrogen and oxygen atoms in total. The summed E-state index contributed by atoms with van der Waals surface area (Å²) < 4.78 is 38.9. The zero-order valence-corrected chi connectivity index (χ0v) is 22.2. The largest absolute Gasteiger partial charge is 0.405 e. The molecule has 0 aliphatic heterocycles. The number of benzene rings is 3. The van der Waals surface area contributed by atoms with Crippen LogP contribution in [0.1, 0.15) is 31.7 Å². The monoisotopic (exact) mass is 549 g/mol. The number of hydrogen-bond donors (Lipinski definition) is 3. The fourth-order valence-electron chi connectivity index (χ4n) is 4.09. The van der Waals surface area contributed by atoms with Crippen LogP contribution in [0.5, 0.6) is 0 Å². The summed E-state index contributed by atoms with van der Waals surface area (Å²) in [6.45, 7) is 6.85. The summed E-state index contributed by atoms with van der Waals surface area (Å²) >= 11 is 0. The quantitative estimate of drug-likeness (QED) is 0.207. The average molecular weight is 550 g/mol. The number of alkyl halides is 3. The van der Waals surface area contributed by atoms with Crippen LogP contribution >= 0.6 is 0 Å². The van der Waals surface area contributed by atoms with Gasteiger partial charge in [-0.2, -0.15) is 13.2 Å². The molecule has 4 rings (SSSR count). The number of anilines is 1. The topological polar surface area (TPSA) is 88.1 Å². The van der Waals surface area contributed by atoms with E-state index in [9.17, 15) is 22.8 Å². The zero-order chi connectivity index (χ0) is 28.9. The van der Waals surface area contributed by atoms with Crippen molar-refractivity contribution in [2.45, 2.75) is 32.4 Å². The van der Waals surface area contributed by atoms with Crippen LogP contribution in [0.3, 0.4) is 0 Å². The standard InChI is InChI=1S/C30H30F3N5O2/c1-4-19(2)16-34-28(39)20(3)21-8-10-22(11-9-21)23-12-13-27-26(14-23)36-18-38(27)25-7-5-6-24(15-25)37-29(40)35-17-30(31,32)33/h5-15,18,20H,2,4,16-17H2,1,3H3,(H,34,39)(H2,35,37,40). The average Bonchev–Trinajstić information content (AvgIpc) is 3.37. The molecule has 0 radical (unpaired) electrons. The van der Waals surface area contributed by atoms with Gasteiger partial charge in [0.2, 0.25) is 5.91 Å². The highest BCUT2D eigenvalue weighted by Crippen LogP contribution is 2.28. The van der Waals surface area contributed by atoms with Crippen molar-refractivity contribution in [3.8, 4) is 16.8 Å². The fraction of sp³-hybridized carbons (Fsp3) is 0.233. The minimum atomic E-state index is -4.49. The number of carbonyl (C=O) groups is 2. The van der Waals surface area contributed by atoms with E-state index in [4.69, 9.17) is 0 Å². The van der Waals surface area contributed by atoms with Gasteiger partial charge in [-0.05, 0) is 60.4 Å². The molecule has 0 spiro atoms. The molecule has 1 unspecified atom stereocenters. The summed E-state index contributed by atoms with van der Waals surface area (Å²) in [6.07, 6.45) is -2.02. The van der Waals surface area contributed by atoms with Gasteiger partial charge in [-0.15, -0.1) is 0 Å². The van der Waals surface area contributed by atoms with E-state index in [0.29, 0.717) is 17.9 Å². The van der Waals surface area contributed by atoms with Crippen LogP contribution < -0.4 is 16.0 Å². The minimum Gasteiger partial charge on any atom is -0.352 e. The first-order valence-corrected chi connectivity index (χ1v) is 12.8. The van der Waals surface area contributed by atoms with Gasteiger partial charge >= 0.3 is 12.2 Å². The van der Waals surface area contributed by atoms with E-state index in [2.05, 4.69) is 22.2 Å². The van der Waals surface area contributed by atoms with Gasteiger partial charge in [-0.3, -0.25) is 9.36 Å². The first-order chi connectivity index (χ1) is 19.0. The van der Waals surface area contributed by atoms with Crippen molar-refractivity contribution in [3.63, 3.8) is 0 Å². The molecule has 1 atom stereocenters. The summed E-state index contributed by atoms with van der Waals surface area (Å²) in [4.78, 5) is 28.8. The third-order valence-electron chi connectivity index (χ3n) is 6.53. The highest BCUT2D eigenvalue weighted by atomic mass is 19.4. The van der Waals surface area contributed by atoms with E-state index in [1.807, 2.05) is 66.9 Å². The van der Waals surface area contributed by atoms with Crippen molar-refractivity contribution in [1.29, 1.82) is 0 Å². The Kier molecular flexibility index (Phi) is 8.57. The second kappa shape index (κ2) is 12.1. The highest BCUT2D eigenvalue weighted by molar-refractivity contribution is 5.90. The summed E-state index contributed by atoms with van der Waals surface area (Å²) in [5.74, 6) is -0.339. The summed E-state index contributed by atoms with van der Waals surface area (Å²) in [7, 11) is 0. The molecule has 208 valence electrons. The normalized spacial score (nSPS) is 12.1. The van der Waals surface area contributed by atoms with Crippen LogP contribution in [-0.2, 0) is 4.79 Å². The number of rotatable bonds is 9. The van der Waals surface area contributed by atoms with E-state index in [1.165, 1.54) is 0 Å². The lowest BCUT2D eigenvalue weighted by molar-refractivity contribution is -0.123. The Hall–Kier alpha value is -4.60. The molecule has 3 aromatic carbocycles. The molecule has 0 saturated heterocycles. The molecule has 0 saturated carbocycles. The maximum Gasteiger partial charge on any atom is 0.405 e. The number of carbonyl (C=O) groups excluding carboxylic acids is 2. The first kappa shape index (κ1) is 28.4. The Labute approximate surface area is 230 Å². The zero-order valence-electron chi connectivity index (χ0n) is 22.2. The number of halogens is 3. The number of fused-ring (bicyclic) bond motifs is 1. The van der Waals surface area contributed by atoms with Gasteiger partial charge in [0.25, 0.3) is 0 Å². The molecule has 1 heterocycles. The molecule has 4 aromatic rings. The molecule has 0 bridgehead atoms. The Balaban J connectivity index is 1.47. The van der Waals surface area contributed by atoms with Crippen molar-refractivity contribution in [3.05, 3.63) is 90.8 Å². The highest BCUT2D eigenvalue weighted by Gasteiger charge is 2.27. The first-order valence-electron chi connectivity index (χ1n) is 12.8. The summed E-state index contributed by atoms with van der Waals surface area (Å²) in [6, 6.07) is 19.5. The van der Waals surface area contributed by atoms with Crippen molar-refractivity contribution in [2.75, 3.05) is 18.4 Å². The lowest BCUT2D eigenvalue weighted by Crippen LogP contribution is -2.36. The number of amides is 3. The van der Waals surface area contributed by atoms with E-state index < -0.39 is 18.8 Å². The smallest absolute Gasteiger partial charge is 0.352 e. The van der Waals surface area contributed by atoms with Crippen LogP contribution in [0, 0.1) is 0 Å². The van der Waals surface area contributed by atoms with E-state index in [-0.39, 0.29) is 11.8 Å². The number of nitrogens with zero attached hydrogens (tertiary/aromatic N) is 2. The van der Waals surface area contributed by atoms with Crippen molar-refractivity contribution >= 4 is 28.7 Å².